The summed E-state index contributed by atoms with van der Waals surface area (Å²) in [5.41, 5.74) is 0.919. The van der Waals surface area contributed by atoms with E-state index in [9.17, 15) is 14.4 Å². The van der Waals surface area contributed by atoms with Gasteiger partial charge in [0.15, 0.2) is 5.78 Å². The van der Waals surface area contributed by atoms with Crippen molar-refractivity contribution in [2.45, 2.75) is 26.3 Å². The van der Waals surface area contributed by atoms with Gasteiger partial charge in [0.05, 0.1) is 6.54 Å². The average Bonchev–Trinajstić information content (AvgIpc) is 2.44. The molecule has 5 nitrogen and oxygen atoms in total. The van der Waals surface area contributed by atoms with Gasteiger partial charge in [-0.15, -0.1) is 0 Å². The molecule has 112 valence electrons. The van der Waals surface area contributed by atoms with Gasteiger partial charge in [-0.1, -0.05) is 30.3 Å². The number of piperazine rings is 1. The molecule has 1 aliphatic heterocycles. The number of hydrogen-bond donors (Lipinski definition) is 0. The minimum atomic E-state index is -0.573. The molecule has 1 fully saturated rings. The number of nitrogens with zero attached hydrogens (tertiary/aromatic N) is 2. The van der Waals surface area contributed by atoms with Crippen LogP contribution in [0.1, 0.15) is 19.4 Å². The second kappa shape index (κ2) is 6.52. The Hall–Kier alpha value is -2.17. The molecule has 0 saturated carbocycles. The van der Waals surface area contributed by atoms with Crippen LogP contribution in [-0.2, 0) is 20.8 Å². The van der Waals surface area contributed by atoms with Gasteiger partial charge in [-0.3, -0.25) is 14.4 Å². The highest BCUT2D eigenvalue weighted by atomic mass is 16.2. The van der Waals surface area contributed by atoms with Crippen LogP contribution in [0.5, 0.6) is 0 Å². The highest BCUT2D eigenvalue weighted by Gasteiger charge is 2.34. The van der Waals surface area contributed by atoms with E-state index in [4.69, 9.17) is 0 Å². The van der Waals surface area contributed by atoms with Crippen LogP contribution in [0.4, 0.5) is 0 Å². The Labute approximate surface area is 124 Å². The van der Waals surface area contributed by atoms with Gasteiger partial charge in [-0.2, -0.15) is 0 Å². The molecule has 0 unspecified atom stereocenters. The van der Waals surface area contributed by atoms with E-state index in [2.05, 4.69) is 0 Å². The lowest BCUT2D eigenvalue weighted by Crippen LogP contribution is -2.57. The molecule has 1 aliphatic rings. The third kappa shape index (κ3) is 3.68. The molecule has 2 amide bonds. The van der Waals surface area contributed by atoms with Crippen molar-refractivity contribution < 1.29 is 14.4 Å². The molecule has 0 N–H and O–H groups in total. The molecule has 0 spiro atoms. The molecule has 0 radical (unpaired) electrons. The first kappa shape index (κ1) is 15.2. The maximum Gasteiger partial charge on any atom is 0.312 e. The largest absolute Gasteiger partial charge is 0.330 e. The second-order valence-electron chi connectivity index (χ2n) is 5.52. The van der Waals surface area contributed by atoms with Gasteiger partial charge in [-0.25, -0.2) is 0 Å². The Balaban J connectivity index is 1.93. The molecule has 1 aromatic carbocycles. The summed E-state index contributed by atoms with van der Waals surface area (Å²) in [6, 6.07) is 9.39. The molecule has 0 aromatic heterocycles. The average molecular weight is 288 g/mol. The van der Waals surface area contributed by atoms with Crippen molar-refractivity contribution >= 4 is 17.6 Å². The molecule has 2 rings (SSSR count). The molecule has 1 aromatic rings. The van der Waals surface area contributed by atoms with E-state index in [0.717, 1.165) is 5.56 Å². The number of hydrogen-bond acceptors (Lipinski definition) is 3. The molecule has 0 atom stereocenters. The van der Waals surface area contributed by atoms with Gasteiger partial charge in [0.25, 0.3) is 0 Å². The third-order valence-electron chi connectivity index (χ3n) is 3.58. The molecular weight excluding hydrogens is 268 g/mol. The number of carbonyl (C=O) groups excluding carboxylic acids is 3. The van der Waals surface area contributed by atoms with Crippen LogP contribution < -0.4 is 0 Å². The normalized spacial score (nSPS) is 15.8. The van der Waals surface area contributed by atoms with Crippen molar-refractivity contribution in [3.8, 4) is 0 Å². The van der Waals surface area contributed by atoms with Crippen LogP contribution in [0, 0.1) is 0 Å². The fourth-order valence-electron chi connectivity index (χ4n) is 2.43. The minimum Gasteiger partial charge on any atom is -0.330 e. The van der Waals surface area contributed by atoms with Crippen LogP contribution in [-0.4, -0.2) is 53.1 Å². The summed E-state index contributed by atoms with van der Waals surface area (Å²) >= 11 is 0. The van der Waals surface area contributed by atoms with E-state index in [0.29, 0.717) is 13.1 Å². The summed E-state index contributed by atoms with van der Waals surface area (Å²) in [6.07, 6.45) is 0.284. The summed E-state index contributed by atoms with van der Waals surface area (Å²) in [4.78, 5) is 38.9. The first-order valence-electron chi connectivity index (χ1n) is 7.14. The molecule has 0 aliphatic carbocycles. The first-order chi connectivity index (χ1) is 9.99. The quantitative estimate of drug-likeness (QED) is 0.756. The summed E-state index contributed by atoms with van der Waals surface area (Å²) in [7, 11) is 0. The summed E-state index contributed by atoms with van der Waals surface area (Å²) < 4.78 is 0. The van der Waals surface area contributed by atoms with Crippen molar-refractivity contribution in [1.82, 2.24) is 9.80 Å². The van der Waals surface area contributed by atoms with Gasteiger partial charge in [0.1, 0.15) is 0 Å². The smallest absolute Gasteiger partial charge is 0.312 e. The van der Waals surface area contributed by atoms with Crippen LogP contribution in [0.2, 0.25) is 0 Å². The Morgan fingerprint density at radius 3 is 2.38 bits per heavy atom. The van der Waals surface area contributed by atoms with Crippen molar-refractivity contribution in [2.75, 3.05) is 19.6 Å². The lowest BCUT2D eigenvalue weighted by molar-refractivity contribution is -0.157. The maximum atomic E-state index is 12.0. The standard InChI is InChI=1S/C16H20N2O3/c1-12(2)18-9-8-17(15(20)16(18)21)11-14(19)10-13-6-4-3-5-7-13/h3-7,12H,8-11H2,1-2H3. The number of Topliss-reactive ketones (excluding diaryl/α,β-unsaturated/α-hetero) is 1. The third-order valence-corrected chi connectivity index (χ3v) is 3.58. The van der Waals surface area contributed by atoms with Crippen molar-refractivity contribution in [2.24, 2.45) is 0 Å². The van der Waals surface area contributed by atoms with Crippen LogP contribution >= 0.6 is 0 Å². The van der Waals surface area contributed by atoms with Crippen molar-refractivity contribution in [3.63, 3.8) is 0 Å². The van der Waals surface area contributed by atoms with Gasteiger partial charge >= 0.3 is 11.8 Å². The van der Waals surface area contributed by atoms with Crippen molar-refractivity contribution in [1.29, 1.82) is 0 Å². The highest BCUT2D eigenvalue weighted by Crippen LogP contribution is 2.09. The number of rotatable bonds is 5. The van der Waals surface area contributed by atoms with Gasteiger partial charge in [0, 0.05) is 25.6 Å². The summed E-state index contributed by atoms with van der Waals surface area (Å²) in [5, 5.41) is 0. The second-order valence-corrected chi connectivity index (χ2v) is 5.52. The van der Waals surface area contributed by atoms with Gasteiger partial charge in [-0.05, 0) is 19.4 Å². The Kier molecular flexibility index (Phi) is 4.73. The minimum absolute atomic E-state index is 0.00335. The monoisotopic (exact) mass is 288 g/mol. The summed E-state index contributed by atoms with van der Waals surface area (Å²) in [6.45, 7) is 4.67. The van der Waals surface area contributed by atoms with E-state index < -0.39 is 11.8 Å². The maximum absolute atomic E-state index is 12.0. The Morgan fingerprint density at radius 1 is 1.10 bits per heavy atom. The summed E-state index contributed by atoms with van der Waals surface area (Å²) in [5.74, 6) is -1.14. The van der Waals surface area contributed by atoms with E-state index in [1.54, 1.807) is 4.90 Å². The Bertz CT molecular complexity index is 540. The molecule has 0 bridgehead atoms. The SMILES string of the molecule is CC(C)N1CCN(CC(=O)Cc2ccccc2)C(=O)C1=O. The zero-order valence-corrected chi connectivity index (χ0v) is 12.4. The number of carbonyl (C=O) groups is 3. The lowest BCUT2D eigenvalue weighted by atomic mass is 10.1. The van der Waals surface area contributed by atoms with Crippen LogP contribution in [0.3, 0.4) is 0 Å². The zero-order chi connectivity index (χ0) is 15.4. The number of benzene rings is 1. The fraction of sp³-hybridized carbons (Fsp3) is 0.438. The van der Waals surface area contributed by atoms with E-state index in [1.807, 2.05) is 44.2 Å². The predicted octanol–water partition coefficient (Wildman–Crippen LogP) is 0.877. The first-order valence-corrected chi connectivity index (χ1v) is 7.14. The number of amides is 2. The van der Waals surface area contributed by atoms with Crippen LogP contribution in [0.15, 0.2) is 30.3 Å². The van der Waals surface area contributed by atoms with Crippen LogP contribution in [0.25, 0.3) is 0 Å². The molecule has 1 heterocycles. The van der Waals surface area contributed by atoms with E-state index >= 15 is 0 Å². The Morgan fingerprint density at radius 2 is 1.76 bits per heavy atom. The topological polar surface area (TPSA) is 57.7 Å². The highest BCUT2D eigenvalue weighted by molar-refractivity contribution is 6.35. The molecule has 1 saturated heterocycles. The fourth-order valence-corrected chi connectivity index (χ4v) is 2.43. The van der Waals surface area contributed by atoms with Gasteiger partial charge in [0.2, 0.25) is 0 Å². The zero-order valence-electron chi connectivity index (χ0n) is 12.4. The number of ketones is 1. The lowest BCUT2D eigenvalue weighted by Gasteiger charge is -2.35. The molecule has 5 heteroatoms. The molecular formula is C16H20N2O3. The van der Waals surface area contributed by atoms with E-state index in [-0.39, 0.29) is 24.8 Å². The van der Waals surface area contributed by atoms with Gasteiger partial charge < -0.3 is 9.80 Å². The van der Waals surface area contributed by atoms with Crippen molar-refractivity contribution in [3.05, 3.63) is 35.9 Å². The predicted molar refractivity (Wildman–Crippen MR) is 78.6 cm³/mol. The van der Waals surface area contributed by atoms with E-state index in [1.165, 1.54) is 4.90 Å². The molecule has 21 heavy (non-hydrogen) atoms.